The Labute approximate surface area is 161 Å². The minimum Gasteiger partial charge on any atom is -0.393 e. The van der Waals surface area contributed by atoms with Gasteiger partial charge in [-0.2, -0.15) is 0 Å². The molecule has 0 saturated carbocycles. The summed E-state index contributed by atoms with van der Waals surface area (Å²) < 4.78 is 0.0557. The lowest BCUT2D eigenvalue weighted by molar-refractivity contribution is -0.111. The van der Waals surface area contributed by atoms with Crippen molar-refractivity contribution in [1.29, 1.82) is 0 Å². The zero-order chi connectivity index (χ0) is 19.0. The van der Waals surface area contributed by atoms with Crippen LogP contribution in [0, 0.1) is 0 Å². The number of carbonyl (C=O) groups is 1. The normalized spacial score (nSPS) is 13.2. The molecule has 3 heteroatoms. The van der Waals surface area contributed by atoms with Gasteiger partial charge in [-0.1, -0.05) is 110 Å². The molecule has 0 aliphatic heterocycles. The molecule has 0 aromatic rings. The molecule has 0 aromatic carbocycles. The number of thioether (sulfide) groups is 1. The predicted molar refractivity (Wildman–Crippen MR) is 113 cm³/mol. The lowest BCUT2D eigenvalue weighted by Crippen LogP contribution is -2.11. The van der Waals surface area contributed by atoms with Gasteiger partial charge in [-0.15, -0.1) is 0 Å². The number of rotatable bonds is 16. The monoisotopic (exact) mass is 372 g/mol. The van der Waals surface area contributed by atoms with Crippen LogP contribution in [0.15, 0.2) is 0 Å². The molecule has 0 spiro atoms. The van der Waals surface area contributed by atoms with Gasteiger partial charge in [-0.25, -0.2) is 0 Å². The maximum atomic E-state index is 11.8. The Morgan fingerprint density at radius 3 is 1.72 bits per heavy atom. The second kappa shape index (κ2) is 16.2. The zero-order valence-electron chi connectivity index (χ0n) is 17.4. The van der Waals surface area contributed by atoms with Gasteiger partial charge in [0.15, 0.2) is 5.12 Å². The minimum absolute atomic E-state index is 0.0557. The summed E-state index contributed by atoms with van der Waals surface area (Å²) in [6.07, 6.45) is 17.5. The van der Waals surface area contributed by atoms with Crippen LogP contribution >= 0.6 is 11.8 Å². The van der Waals surface area contributed by atoms with Crippen molar-refractivity contribution < 1.29 is 9.90 Å². The Morgan fingerprint density at radius 2 is 1.24 bits per heavy atom. The van der Waals surface area contributed by atoms with Gasteiger partial charge in [0.2, 0.25) is 0 Å². The van der Waals surface area contributed by atoms with Crippen LogP contribution < -0.4 is 0 Å². The maximum absolute atomic E-state index is 11.8. The topological polar surface area (TPSA) is 37.3 Å². The molecule has 0 rings (SSSR count). The fourth-order valence-corrected chi connectivity index (χ4v) is 3.98. The van der Waals surface area contributed by atoms with Crippen LogP contribution in [0.5, 0.6) is 0 Å². The van der Waals surface area contributed by atoms with E-state index >= 15 is 0 Å². The van der Waals surface area contributed by atoms with Crippen LogP contribution in [-0.4, -0.2) is 21.1 Å². The van der Waals surface area contributed by atoms with Crippen molar-refractivity contribution in [2.45, 2.75) is 135 Å². The Hall–Kier alpha value is -0.0200. The molecule has 0 fully saturated rings. The average molecular weight is 373 g/mol. The molecule has 0 amide bonds. The zero-order valence-corrected chi connectivity index (χ0v) is 18.3. The number of carbonyl (C=O) groups excluding carboxylic acids is 1. The molecule has 150 valence electrons. The fourth-order valence-electron chi connectivity index (χ4n) is 3.05. The van der Waals surface area contributed by atoms with Crippen molar-refractivity contribution in [3.05, 3.63) is 0 Å². The third-order valence-corrected chi connectivity index (χ3v) is 5.52. The number of aliphatic hydroxyl groups is 1. The summed E-state index contributed by atoms with van der Waals surface area (Å²) in [5.74, 6) is 0. The van der Waals surface area contributed by atoms with Gasteiger partial charge in [0.25, 0.3) is 0 Å². The molecule has 2 nitrogen and oxygen atoms in total. The molecular formula is C22H44O2S. The summed E-state index contributed by atoms with van der Waals surface area (Å²) in [4.78, 5) is 11.8. The molecular weight excluding hydrogens is 328 g/mol. The standard InChI is InChI=1S/C22H44O2S/c1-5-6-7-14-17-20(23)18-15-12-10-8-9-11-13-16-19-21(24)25-22(2,3)4/h20,23H,5-19H2,1-4H3. The van der Waals surface area contributed by atoms with Gasteiger partial charge < -0.3 is 5.11 Å². The van der Waals surface area contributed by atoms with Crippen molar-refractivity contribution in [3.63, 3.8) is 0 Å². The maximum Gasteiger partial charge on any atom is 0.189 e. The molecule has 0 radical (unpaired) electrons. The van der Waals surface area contributed by atoms with E-state index < -0.39 is 0 Å². The first-order chi connectivity index (χ1) is 11.8. The van der Waals surface area contributed by atoms with E-state index in [1.807, 2.05) is 0 Å². The Kier molecular flexibility index (Phi) is 16.2. The van der Waals surface area contributed by atoms with E-state index in [9.17, 15) is 9.90 Å². The second-order valence-corrected chi connectivity index (χ2v) is 10.3. The molecule has 1 atom stereocenters. The van der Waals surface area contributed by atoms with Gasteiger partial charge in [0, 0.05) is 11.2 Å². The summed E-state index contributed by atoms with van der Waals surface area (Å²) in [6, 6.07) is 0. The van der Waals surface area contributed by atoms with E-state index in [1.165, 1.54) is 82.4 Å². The molecule has 0 saturated heterocycles. The smallest absolute Gasteiger partial charge is 0.189 e. The number of unbranched alkanes of at least 4 members (excludes halogenated alkanes) is 10. The third kappa shape index (κ3) is 20.1. The Morgan fingerprint density at radius 1 is 0.800 bits per heavy atom. The Balaban J connectivity index is 3.27. The number of hydrogen-bond acceptors (Lipinski definition) is 3. The molecule has 1 unspecified atom stereocenters. The van der Waals surface area contributed by atoms with Gasteiger partial charge >= 0.3 is 0 Å². The molecule has 0 aliphatic carbocycles. The molecule has 0 bridgehead atoms. The largest absolute Gasteiger partial charge is 0.393 e. The lowest BCUT2D eigenvalue weighted by atomic mass is 10.0. The van der Waals surface area contributed by atoms with Gasteiger partial charge in [-0.3, -0.25) is 4.79 Å². The molecule has 0 aliphatic rings. The van der Waals surface area contributed by atoms with Crippen molar-refractivity contribution in [1.82, 2.24) is 0 Å². The number of aliphatic hydroxyl groups excluding tert-OH is 1. The van der Waals surface area contributed by atoms with Crippen molar-refractivity contribution >= 4 is 16.9 Å². The van der Waals surface area contributed by atoms with E-state index in [2.05, 4.69) is 27.7 Å². The van der Waals surface area contributed by atoms with E-state index in [4.69, 9.17) is 0 Å². The van der Waals surface area contributed by atoms with Crippen LogP contribution in [0.4, 0.5) is 0 Å². The SMILES string of the molecule is CCCCCCC(O)CCCCCCCCCCC(=O)SC(C)(C)C. The highest BCUT2D eigenvalue weighted by Gasteiger charge is 2.15. The van der Waals surface area contributed by atoms with Crippen LogP contribution in [0.1, 0.15) is 124 Å². The van der Waals surface area contributed by atoms with E-state index in [-0.39, 0.29) is 10.9 Å². The fraction of sp³-hybridized carbons (Fsp3) is 0.955. The second-order valence-electron chi connectivity index (χ2n) is 8.46. The number of hydrogen-bond donors (Lipinski definition) is 1. The molecule has 25 heavy (non-hydrogen) atoms. The van der Waals surface area contributed by atoms with Crippen molar-refractivity contribution in [2.24, 2.45) is 0 Å². The summed E-state index contributed by atoms with van der Waals surface area (Å²) in [6.45, 7) is 8.52. The van der Waals surface area contributed by atoms with E-state index in [0.717, 1.165) is 25.7 Å². The molecule has 1 N–H and O–H groups in total. The van der Waals surface area contributed by atoms with E-state index in [0.29, 0.717) is 5.12 Å². The quantitative estimate of drug-likeness (QED) is 0.289. The Bertz CT molecular complexity index is 310. The van der Waals surface area contributed by atoms with Crippen LogP contribution in [0.2, 0.25) is 0 Å². The highest BCUT2D eigenvalue weighted by molar-refractivity contribution is 8.14. The summed E-state index contributed by atoms with van der Waals surface area (Å²) in [7, 11) is 0. The summed E-state index contributed by atoms with van der Waals surface area (Å²) in [5, 5.41) is 10.3. The highest BCUT2D eigenvalue weighted by Crippen LogP contribution is 2.26. The van der Waals surface area contributed by atoms with Crippen LogP contribution in [-0.2, 0) is 4.79 Å². The first-order valence-electron chi connectivity index (χ1n) is 10.7. The first-order valence-corrected chi connectivity index (χ1v) is 11.6. The highest BCUT2D eigenvalue weighted by atomic mass is 32.2. The lowest BCUT2D eigenvalue weighted by Gasteiger charge is -2.15. The van der Waals surface area contributed by atoms with Crippen LogP contribution in [0.3, 0.4) is 0 Å². The average Bonchev–Trinajstić information content (AvgIpc) is 2.51. The summed E-state index contributed by atoms with van der Waals surface area (Å²) >= 11 is 1.48. The van der Waals surface area contributed by atoms with Crippen LogP contribution in [0.25, 0.3) is 0 Å². The van der Waals surface area contributed by atoms with Gasteiger partial charge in [-0.05, 0) is 19.3 Å². The predicted octanol–water partition coefficient (Wildman–Crippen LogP) is 7.28. The van der Waals surface area contributed by atoms with Gasteiger partial charge in [0.05, 0.1) is 6.10 Å². The minimum atomic E-state index is -0.0691. The van der Waals surface area contributed by atoms with E-state index in [1.54, 1.807) is 0 Å². The van der Waals surface area contributed by atoms with Crippen molar-refractivity contribution in [3.8, 4) is 0 Å². The molecule has 0 heterocycles. The van der Waals surface area contributed by atoms with Crippen molar-refractivity contribution in [2.75, 3.05) is 0 Å². The first kappa shape index (κ1) is 25.0. The summed E-state index contributed by atoms with van der Waals surface area (Å²) in [5.41, 5.74) is 0. The van der Waals surface area contributed by atoms with Gasteiger partial charge in [0.1, 0.15) is 0 Å². The molecule has 0 aromatic heterocycles. The third-order valence-electron chi connectivity index (χ3n) is 4.48.